The summed E-state index contributed by atoms with van der Waals surface area (Å²) in [6.45, 7) is 10.1. The first-order valence-corrected chi connectivity index (χ1v) is 9.92. The van der Waals surface area contributed by atoms with Crippen LogP contribution in [0.15, 0.2) is 18.2 Å². The van der Waals surface area contributed by atoms with E-state index in [0.717, 1.165) is 25.3 Å². The second-order valence-corrected chi connectivity index (χ2v) is 7.97. The summed E-state index contributed by atoms with van der Waals surface area (Å²) < 4.78 is 27.8. The van der Waals surface area contributed by atoms with Crippen LogP contribution in [0, 0.1) is 23.5 Å². The van der Waals surface area contributed by atoms with Crippen LogP contribution in [0.25, 0.3) is 0 Å². The van der Waals surface area contributed by atoms with Gasteiger partial charge in [-0.25, -0.2) is 8.78 Å². The van der Waals surface area contributed by atoms with Crippen LogP contribution < -0.4 is 0 Å². The minimum absolute atomic E-state index is 0.0120. The molecule has 1 aromatic rings. The number of aliphatic hydroxyl groups is 1. The fraction of sp³-hybridized carbons (Fsp3) is 0.727. The van der Waals surface area contributed by atoms with Gasteiger partial charge in [0, 0.05) is 12.0 Å². The maximum atomic E-state index is 14.5. The Morgan fingerprint density at radius 1 is 0.920 bits per heavy atom. The van der Waals surface area contributed by atoms with Crippen molar-refractivity contribution in [3.63, 3.8) is 0 Å². The lowest BCUT2D eigenvalue weighted by molar-refractivity contribution is -0.0738. The van der Waals surface area contributed by atoms with E-state index >= 15 is 0 Å². The van der Waals surface area contributed by atoms with Gasteiger partial charge in [-0.05, 0) is 29.9 Å². The molecule has 1 aromatic carbocycles. The standard InChI is InChI=1S/C22H36F2O/c1-6-7-8-9-10-11-12-20(22(25,16(2)3)17(4)5)19-14-13-18(23)15-21(19)24/h13-17,20,25H,6-12H2,1-5H3. The van der Waals surface area contributed by atoms with Crippen LogP contribution in [-0.2, 0) is 0 Å². The van der Waals surface area contributed by atoms with Gasteiger partial charge >= 0.3 is 0 Å². The lowest BCUT2D eigenvalue weighted by Gasteiger charge is -2.43. The molecule has 0 aliphatic heterocycles. The van der Waals surface area contributed by atoms with Crippen molar-refractivity contribution in [1.29, 1.82) is 0 Å². The van der Waals surface area contributed by atoms with Gasteiger partial charge in [0.25, 0.3) is 0 Å². The van der Waals surface area contributed by atoms with Gasteiger partial charge in [-0.15, -0.1) is 0 Å². The highest BCUT2D eigenvalue weighted by molar-refractivity contribution is 5.26. The van der Waals surface area contributed by atoms with Crippen molar-refractivity contribution in [2.45, 2.75) is 91.1 Å². The minimum Gasteiger partial charge on any atom is -0.389 e. The van der Waals surface area contributed by atoms with Crippen LogP contribution in [0.3, 0.4) is 0 Å². The molecule has 0 saturated heterocycles. The van der Waals surface area contributed by atoms with Crippen molar-refractivity contribution in [2.75, 3.05) is 0 Å². The van der Waals surface area contributed by atoms with E-state index in [1.165, 1.54) is 37.8 Å². The molecule has 3 heteroatoms. The zero-order valence-electron chi connectivity index (χ0n) is 16.6. The maximum absolute atomic E-state index is 14.5. The monoisotopic (exact) mass is 354 g/mol. The third kappa shape index (κ3) is 5.77. The molecule has 0 saturated carbocycles. The Morgan fingerprint density at radius 2 is 1.48 bits per heavy atom. The van der Waals surface area contributed by atoms with Gasteiger partial charge in [-0.1, -0.05) is 79.2 Å². The van der Waals surface area contributed by atoms with Crippen LogP contribution in [0.1, 0.15) is 91.0 Å². The lowest BCUT2D eigenvalue weighted by Crippen LogP contribution is -2.46. The molecule has 1 rings (SSSR count). The first-order chi connectivity index (χ1) is 11.7. The van der Waals surface area contributed by atoms with Gasteiger partial charge < -0.3 is 5.11 Å². The highest BCUT2D eigenvalue weighted by Gasteiger charge is 2.43. The quantitative estimate of drug-likeness (QED) is 0.431. The molecule has 0 aliphatic carbocycles. The normalized spacial score (nSPS) is 13.7. The van der Waals surface area contributed by atoms with E-state index in [2.05, 4.69) is 6.92 Å². The van der Waals surface area contributed by atoms with E-state index in [1.807, 2.05) is 27.7 Å². The fourth-order valence-electron chi connectivity index (χ4n) is 4.02. The first kappa shape index (κ1) is 22.1. The Morgan fingerprint density at radius 3 is 2.00 bits per heavy atom. The second kappa shape index (κ2) is 10.3. The first-order valence-electron chi connectivity index (χ1n) is 9.92. The summed E-state index contributed by atoms with van der Waals surface area (Å²) in [6, 6.07) is 3.75. The Bertz CT molecular complexity index is 503. The topological polar surface area (TPSA) is 20.2 Å². The average molecular weight is 355 g/mol. The number of hydrogen-bond donors (Lipinski definition) is 1. The molecule has 1 nitrogen and oxygen atoms in total. The molecule has 1 N–H and O–H groups in total. The summed E-state index contributed by atoms with van der Waals surface area (Å²) in [7, 11) is 0. The molecule has 144 valence electrons. The molecule has 0 spiro atoms. The van der Waals surface area contributed by atoms with Gasteiger partial charge in [0.1, 0.15) is 11.6 Å². The molecule has 0 aromatic heterocycles. The predicted molar refractivity (Wildman–Crippen MR) is 102 cm³/mol. The number of unbranched alkanes of at least 4 members (excludes halogenated alkanes) is 5. The zero-order valence-corrected chi connectivity index (χ0v) is 16.6. The summed E-state index contributed by atoms with van der Waals surface area (Å²) in [5, 5.41) is 11.5. The van der Waals surface area contributed by atoms with Gasteiger partial charge in [0.2, 0.25) is 0 Å². The number of rotatable bonds is 11. The Balaban J connectivity index is 3.01. The van der Waals surface area contributed by atoms with Crippen molar-refractivity contribution in [3.8, 4) is 0 Å². The van der Waals surface area contributed by atoms with E-state index in [1.54, 1.807) is 0 Å². The zero-order chi connectivity index (χ0) is 19.0. The van der Waals surface area contributed by atoms with Crippen molar-refractivity contribution in [1.82, 2.24) is 0 Å². The summed E-state index contributed by atoms with van der Waals surface area (Å²) in [5.41, 5.74) is -0.568. The van der Waals surface area contributed by atoms with E-state index in [0.29, 0.717) is 5.56 Å². The van der Waals surface area contributed by atoms with Crippen LogP contribution >= 0.6 is 0 Å². The molecule has 1 atom stereocenters. The average Bonchev–Trinajstić information content (AvgIpc) is 2.54. The second-order valence-electron chi connectivity index (χ2n) is 7.97. The van der Waals surface area contributed by atoms with E-state index in [4.69, 9.17) is 0 Å². The van der Waals surface area contributed by atoms with Crippen LogP contribution in [-0.4, -0.2) is 10.7 Å². The van der Waals surface area contributed by atoms with E-state index in [9.17, 15) is 13.9 Å². The molecule has 0 amide bonds. The van der Waals surface area contributed by atoms with Gasteiger partial charge in [0.15, 0.2) is 0 Å². The fourth-order valence-corrected chi connectivity index (χ4v) is 4.02. The molecular formula is C22H36F2O. The summed E-state index contributed by atoms with van der Waals surface area (Å²) in [4.78, 5) is 0. The molecule has 1 unspecified atom stereocenters. The van der Waals surface area contributed by atoms with Gasteiger partial charge in [0.05, 0.1) is 5.60 Å². The van der Waals surface area contributed by atoms with E-state index < -0.39 is 17.2 Å². The molecule has 0 heterocycles. The van der Waals surface area contributed by atoms with Crippen LogP contribution in [0.5, 0.6) is 0 Å². The van der Waals surface area contributed by atoms with Gasteiger partial charge in [-0.2, -0.15) is 0 Å². The smallest absolute Gasteiger partial charge is 0.129 e. The molecule has 0 fully saturated rings. The largest absolute Gasteiger partial charge is 0.389 e. The summed E-state index contributed by atoms with van der Waals surface area (Å²) >= 11 is 0. The number of hydrogen-bond acceptors (Lipinski definition) is 1. The molecular weight excluding hydrogens is 318 g/mol. The molecule has 0 bridgehead atoms. The highest BCUT2D eigenvalue weighted by atomic mass is 19.1. The van der Waals surface area contributed by atoms with Crippen molar-refractivity contribution >= 4 is 0 Å². The van der Waals surface area contributed by atoms with Crippen LogP contribution in [0.2, 0.25) is 0 Å². The predicted octanol–water partition coefficient (Wildman–Crippen LogP) is 6.84. The highest BCUT2D eigenvalue weighted by Crippen LogP contribution is 2.43. The molecule has 25 heavy (non-hydrogen) atoms. The molecule has 0 aliphatic rings. The lowest BCUT2D eigenvalue weighted by atomic mass is 9.67. The maximum Gasteiger partial charge on any atom is 0.129 e. The summed E-state index contributed by atoms with van der Waals surface area (Å²) in [6.07, 6.45) is 7.63. The van der Waals surface area contributed by atoms with Gasteiger partial charge in [-0.3, -0.25) is 0 Å². The SMILES string of the molecule is CCCCCCCCC(c1ccc(F)cc1F)C(O)(C(C)C)C(C)C. The Kier molecular flexibility index (Phi) is 9.06. The van der Waals surface area contributed by atoms with Crippen molar-refractivity contribution in [3.05, 3.63) is 35.4 Å². The van der Waals surface area contributed by atoms with Crippen LogP contribution in [0.4, 0.5) is 8.78 Å². The number of benzene rings is 1. The summed E-state index contributed by atoms with van der Waals surface area (Å²) in [5.74, 6) is -1.46. The molecule has 0 radical (unpaired) electrons. The van der Waals surface area contributed by atoms with E-state index in [-0.39, 0.29) is 17.8 Å². The third-order valence-electron chi connectivity index (χ3n) is 5.59. The van der Waals surface area contributed by atoms with Crippen molar-refractivity contribution < 1.29 is 13.9 Å². The Hall–Kier alpha value is -0.960. The number of halogens is 2. The minimum atomic E-state index is -1.01. The van der Waals surface area contributed by atoms with Crippen molar-refractivity contribution in [2.24, 2.45) is 11.8 Å². The Labute approximate surface area is 152 Å². The third-order valence-corrected chi connectivity index (χ3v) is 5.59.